The Morgan fingerprint density at radius 2 is 1.81 bits per heavy atom. The molecule has 0 aliphatic rings. The first-order chi connectivity index (χ1) is 10.3. The number of aryl methyl sites for hydroxylation is 1. The predicted octanol–water partition coefficient (Wildman–Crippen LogP) is 4.51. The highest BCUT2D eigenvalue weighted by molar-refractivity contribution is 5.86. The van der Waals surface area contributed by atoms with Crippen LogP contribution in [0, 0.1) is 0 Å². The SMILES string of the molecule is CCn1cccc1CNC(C)c1cccc2ccccc12. The van der Waals surface area contributed by atoms with Crippen LogP contribution in [0.5, 0.6) is 0 Å². The first-order valence-electron chi connectivity index (χ1n) is 7.64. The number of aromatic nitrogens is 1. The zero-order valence-electron chi connectivity index (χ0n) is 12.7. The van der Waals surface area contributed by atoms with E-state index in [0.29, 0.717) is 6.04 Å². The normalized spacial score (nSPS) is 12.7. The molecule has 0 aliphatic carbocycles. The van der Waals surface area contributed by atoms with E-state index in [-0.39, 0.29) is 0 Å². The number of fused-ring (bicyclic) bond motifs is 1. The molecular formula is C19H22N2. The largest absolute Gasteiger partial charge is 0.351 e. The molecule has 1 unspecified atom stereocenters. The lowest BCUT2D eigenvalue weighted by molar-refractivity contribution is 0.552. The molecule has 21 heavy (non-hydrogen) atoms. The van der Waals surface area contributed by atoms with E-state index in [4.69, 9.17) is 0 Å². The van der Waals surface area contributed by atoms with Crippen molar-refractivity contribution >= 4 is 10.8 Å². The quantitative estimate of drug-likeness (QED) is 0.726. The second-order valence-electron chi connectivity index (χ2n) is 5.46. The van der Waals surface area contributed by atoms with Crippen LogP contribution >= 0.6 is 0 Å². The lowest BCUT2D eigenvalue weighted by atomic mass is 10.00. The molecule has 0 saturated heterocycles. The molecule has 1 aromatic heterocycles. The van der Waals surface area contributed by atoms with Crippen LogP contribution in [0.3, 0.4) is 0 Å². The Labute approximate surface area is 126 Å². The Morgan fingerprint density at radius 1 is 1.00 bits per heavy atom. The summed E-state index contributed by atoms with van der Waals surface area (Å²) in [6.45, 7) is 6.33. The summed E-state index contributed by atoms with van der Waals surface area (Å²) in [4.78, 5) is 0. The molecule has 1 atom stereocenters. The Hall–Kier alpha value is -2.06. The van der Waals surface area contributed by atoms with Crippen molar-refractivity contribution in [1.82, 2.24) is 9.88 Å². The third-order valence-electron chi connectivity index (χ3n) is 4.14. The van der Waals surface area contributed by atoms with Gasteiger partial charge in [0, 0.05) is 31.0 Å². The van der Waals surface area contributed by atoms with Crippen molar-refractivity contribution in [1.29, 1.82) is 0 Å². The lowest BCUT2D eigenvalue weighted by Crippen LogP contribution is -2.20. The first-order valence-corrected chi connectivity index (χ1v) is 7.64. The van der Waals surface area contributed by atoms with E-state index in [9.17, 15) is 0 Å². The average Bonchev–Trinajstić information content (AvgIpc) is 2.99. The molecule has 0 bridgehead atoms. The maximum absolute atomic E-state index is 3.65. The monoisotopic (exact) mass is 278 g/mol. The second-order valence-corrected chi connectivity index (χ2v) is 5.46. The minimum atomic E-state index is 0.330. The third-order valence-corrected chi connectivity index (χ3v) is 4.14. The van der Waals surface area contributed by atoms with Crippen LogP contribution in [0.25, 0.3) is 10.8 Å². The number of nitrogens with one attached hydrogen (secondary N) is 1. The molecule has 0 radical (unpaired) electrons. The van der Waals surface area contributed by atoms with Gasteiger partial charge in [-0.15, -0.1) is 0 Å². The van der Waals surface area contributed by atoms with Crippen LogP contribution in [0.4, 0.5) is 0 Å². The van der Waals surface area contributed by atoms with Gasteiger partial charge >= 0.3 is 0 Å². The number of benzene rings is 2. The Kier molecular flexibility index (Phi) is 4.07. The summed E-state index contributed by atoms with van der Waals surface area (Å²) < 4.78 is 2.28. The molecule has 3 aromatic rings. The molecule has 3 rings (SSSR count). The van der Waals surface area contributed by atoms with Crippen LogP contribution in [-0.2, 0) is 13.1 Å². The molecule has 1 heterocycles. The molecule has 2 aromatic carbocycles. The molecule has 0 saturated carbocycles. The van der Waals surface area contributed by atoms with Gasteiger partial charge in [0.2, 0.25) is 0 Å². The van der Waals surface area contributed by atoms with Crippen LogP contribution in [0.1, 0.15) is 31.1 Å². The zero-order chi connectivity index (χ0) is 14.7. The molecule has 2 heteroatoms. The van der Waals surface area contributed by atoms with Gasteiger partial charge in [-0.05, 0) is 42.3 Å². The van der Waals surface area contributed by atoms with Crippen molar-refractivity contribution in [3.8, 4) is 0 Å². The van der Waals surface area contributed by atoms with E-state index < -0.39 is 0 Å². The number of rotatable bonds is 5. The molecule has 0 amide bonds. The maximum atomic E-state index is 3.65. The fourth-order valence-electron chi connectivity index (χ4n) is 2.91. The summed E-state index contributed by atoms with van der Waals surface area (Å²) in [7, 11) is 0. The summed E-state index contributed by atoms with van der Waals surface area (Å²) in [6.07, 6.45) is 2.14. The first kappa shape index (κ1) is 13.9. The van der Waals surface area contributed by atoms with Gasteiger partial charge in [-0.1, -0.05) is 42.5 Å². The van der Waals surface area contributed by atoms with E-state index in [2.05, 4.69) is 84.5 Å². The standard InChI is InChI=1S/C19H22N2/c1-3-21-13-7-10-17(21)14-20-15(2)18-12-6-9-16-8-4-5-11-19(16)18/h4-13,15,20H,3,14H2,1-2H3. The molecule has 2 nitrogen and oxygen atoms in total. The number of hydrogen-bond donors (Lipinski definition) is 1. The van der Waals surface area contributed by atoms with Gasteiger partial charge in [-0.3, -0.25) is 0 Å². The van der Waals surface area contributed by atoms with E-state index in [0.717, 1.165) is 13.1 Å². The van der Waals surface area contributed by atoms with Crippen molar-refractivity contribution in [3.05, 3.63) is 72.1 Å². The number of hydrogen-bond acceptors (Lipinski definition) is 1. The van der Waals surface area contributed by atoms with E-state index >= 15 is 0 Å². The fourth-order valence-corrected chi connectivity index (χ4v) is 2.91. The number of nitrogens with zero attached hydrogens (tertiary/aromatic N) is 1. The van der Waals surface area contributed by atoms with Crippen molar-refractivity contribution < 1.29 is 0 Å². The molecule has 0 aliphatic heterocycles. The van der Waals surface area contributed by atoms with Crippen molar-refractivity contribution in [2.75, 3.05) is 0 Å². The van der Waals surface area contributed by atoms with Crippen LogP contribution in [-0.4, -0.2) is 4.57 Å². The average molecular weight is 278 g/mol. The van der Waals surface area contributed by atoms with E-state index in [1.165, 1.54) is 22.0 Å². The van der Waals surface area contributed by atoms with Crippen molar-refractivity contribution in [3.63, 3.8) is 0 Å². The summed E-state index contributed by atoms with van der Waals surface area (Å²) in [6, 6.07) is 19.8. The van der Waals surface area contributed by atoms with Gasteiger partial charge < -0.3 is 9.88 Å². The van der Waals surface area contributed by atoms with Gasteiger partial charge in [-0.25, -0.2) is 0 Å². The summed E-state index contributed by atoms with van der Waals surface area (Å²) in [5.41, 5.74) is 2.70. The lowest BCUT2D eigenvalue weighted by Gasteiger charge is -2.17. The molecule has 0 spiro atoms. The molecule has 108 valence electrons. The maximum Gasteiger partial charge on any atom is 0.0364 e. The summed E-state index contributed by atoms with van der Waals surface area (Å²) in [5.74, 6) is 0. The smallest absolute Gasteiger partial charge is 0.0364 e. The zero-order valence-corrected chi connectivity index (χ0v) is 12.7. The Bertz CT molecular complexity index is 722. The fraction of sp³-hybridized carbons (Fsp3) is 0.263. The van der Waals surface area contributed by atoms with E-state index in [1.54, 1.807) is 0 Å². The van der Waals surface area contributed by atoms with Gasteiger partial charge in [0.05, 0.1) is 0 Å². The van der Waals surface area contributed by atoms with Crippen LogP contribution < -0.4 is 5.32 Å². The highest BCUT2D eigenvalue weighted by Crippen LogP contribution is 2.24. The van der Waals surface area contributed by atoms with Gasteiger partial charge in [0.15, 0.2) is 0 Å². The molecular weight excluding hydrogens is 256 g/mol. The van der Waals surface area contributed by atoms with E-state index in [1.807, 2.05) is 0 Å². The van der Waals surface area contributed by atoms with Crippen LogP contribution in [0.2, 0.25) is 0 Å². The predicted molar refractivity (Wildman–Crippen MR) is 89.3 cm³/mol. The van der Waals surface area contributed by atoms with Crippen molar-refractivity contribution in [2.45, 2.75) is 33.0 Å². The minimum absolute atomic E-state index is 0.330. The van der Waals surface area contributed by atoms with Crippen LogP contribution in [0.15, 0.2) is 60.8 Å². The Morgan fingerprint density at radius 3 is 2.67 bits per heavy atom. The highest BCUT2D eigenvalue weighted by atomic mass is 15.0. The summed E-state index contributed by atoms with van der Waals surface area (Å²) in [5, 5.41) is 6.29. The topological polar surface area (TPSA) is 17.0 Å². The molecule has 1 N–H and O–H groups in total. The Balaban J connectivity index is 1.80. The van der Waals surface area contributed by atoms with Gasteiger partial charge in [0.25, 0.3) is 0 Å². The molecule has 0 fully saturated rings. The van der Waals surface area contributed by atoms with Crippen molar-refractivity contribution in [2.24, 2.45) is 0 Å². The second kappa shape index (κ2) is 6.15. The third kappa shape index (κ3) is 2.86. The summed E-state index contributed by atoms with van der Waals surface area (Å²) >= 11 is 0. The van der Waals surface area contributed by atoms with Gasteiger partial charge in [-0.2, -0.15) is 0 Å². The minimum Gasteiger partial charge on any atom is -0.351 e. The highest BCUT2D eigenvalue weighted by Gasteiger charge is 2.09. The van der Waals surface area contributed by atoms with Gasteiger partial charge in [0.1, 0.15) is 0 Å².